The number of phenolic OH excluding ortho intramolecular Hbond substituents is 2. The molecule has 5 nitrogen and oxygen atoms in total. The van der Waals surface area contributed by atoms with Gasteiger partial charge in [-0.25, -0.2) is 0 Å². The molecule has 1 aromatic carbocycles. The molecule has 2 aliphatic heterocycles. The van der Waals surface area contributed by atoms with E-state index in [0.29, 0.717) is 6.04 Å². The van der Waals surface area contributed by atoms with Crippen LogP contribution in [0, 0.1) is 0 Å². The fourth-order valence-corrected chi connectivity index (χ4v) is 3.20. The number of carbonyl (C=O) groups is 1. The van der Waals surface area contributed by atoms with Crippen LogP contribution in [0.25, 0.3) is 0 Å². The predicted molar refractivity (Wildman–Crippen MR) is 74.9 cm³/mol. The van der Waals surface area contributed by atoms with Crippen molar-refractivity contribution < 1.29 is 15.0 Å². The van der Waals surface area contributed by atoms with Crippen molar-refractivity contribution in [2.24, 2.45) is 0 Å². The van der Waals surface area contributed by atoms with Gasteiger partial charge in [-0.2, -0.15) is 0 Å². The van der Waals surface area contributed by atoms with Gasteiger partial charge in [-0.15, -0.1) is 0 Å². The molecule has 108 valence electrons. The van der Waals surface area contributed by atoms with Crippen molar-refractivity contribution in [3.63, 3.8) is 0 Å². The third-order valence-electron chi connectivity index (χ3n) is 4.32. The summed E-state index contributed by atoms with van der Waals surface area (Å²) in [6, 6.07) is 4.58. The average Bonchev–Trinajstić information content (AvgIpc) is 3.09. The molecule has 0 spiro atoms. The third-order valence-corrected chi connectivity index (χ3v) is 4.32. The molecule has 0 saturated carbocycles. The molecule has 3 rings (SSSR count). The first-order chi connectivity index (χ1) is 9.65. The molecule has 0 radical (unpaired) electrons. The Labute approximate surface area is 118 Å². The molecule has 1 unspecified atom stereocenters. The standard InChI is InChI=1S/C15H20N2O3/c18-12-3-4-13(14(19)9-12)15(20)17-8-5-11(10-17)16-6-1-2-7-16/h3-4,9,11,18-19H,1-2,5-8,10H2. The van der Waals surface area contributed by atoms with E-state index in [1.807, 2.05) is 0 Å². The Kier molecular flexibility index (Phi) is 3.53. The van der Waals surface area contributed by atoms with Crippen molar-refractivity contribution in [3.05, 3.63) is 23.8 Å². The number of benzene rings is 1. The number of aromatic hydroxyl groups is 2. The van der Waals surface area contributed by atoms with Crippen molar-refractivity contribution in [1.29, 1.82) is 0 Å². The van der Waals surface area contributed by atoms with Crippen LogP contribution in [0.1, 0.15) is 29.6 Å². The van der Waals surface area contributed by atoms with Crippen LogP contribution in [0.15, 0.2) is 18.2 Å². The summed E-state index contributed by atoms with van der Waals surface area (Å²) in [6.45, 7) is 3.74. The molecule has 0 aliphatic carbocycles. The van der Waals surface area contributed by atoms with E-state index in [4.69, 9.17) is 0 Å². The van der Waals surface area contributed by atoms with Crippen LogP contribution in [0.3, 0.4) is 0 Å². The van der Waals surface area contributed by atoms with Gasteiger partial charge in [0, 0.05) is 25.2 Å². The second kappa shape index (κ2) is 5.32. The largest absolute Gasteiger partial charge is 0.508 e. The Morgan fingerprint density at radius 1 is 1.15 bits per heavy atom. The molecule has 2 saturated heterocycles. The molecule has 1 atom stereocenters. The molecule has 0 bridgehead atoms. The van der Waals surface area contributed by atoms with Crippen molar-refractivity contribution in [2.45, 2.75) is 25.3 Å². The Morgan fingerprint density at radius 2 is 1.90 bits per heavy atom. The summed E-state index contributed by atoms with van der Waals surface area (Å²) in [5, 5.41) is 19.1. The zero-order valence-corrected chi connectivity index (χ0v) is 11.5. The Hall–Kier alpha value is -1.75. The van der Waals surface area contributed by atoms with Crippen molar-refractivity contribution in [3.8, 4) is 11.5 Å². The Morgan fingerprint density at radius 3 is 2.60 bits per heavy atom. The lowest BCUT2D eigenvalue weighted by Crippen LogP contribution is -2.37. The number of rotatable bonds is 2. The zero-order chi connectivity index (χ0) is 14.1. The van der Waals surface area contributed by atoms with E-state index in [2.05, 4.69) is 4.90 Å². The first kappa shape index (κ1) is 13.2. The van der Waals surface area contributed by atoms with E-state index >= 15 is 0 Å². The van der Waals surface area contributed by atoms with Crippen molar-refractivity contribution >= 4 is 5.91 Å². The topological polar surface area (TPSA) is 64.0 Å². The Balaban J connectivity index is 1.69. The van der Waals surface area contributed by atoms with Crippen molar-refractivity contribution in [1.82, 2.24) is 9.80 Å². The summed E-state index contributed by atoms with van der Waals surface area (Å²) in [4.78, 5) is 16.7. The van der Waals surface area contributed by atoms with Crippen LogP contribution in [-0.2, 0) is 0 Å². The molecular weight excluding hydrogens is 256 g/mol. The molecule has 2 heterocycles. The first-order valence-electron chi connectivity index (χ1n) is 7.20. The highest BCUT2D eigenvalue weighted by Crippen LogP contribution is 2.27. The minimum Gasteiger partial charge on any atom is -0.508 e. The second-order valence-electron chi connectivity index (χ2n) is 5.64. The molecule has 1 aromatic rings. The maximum absolute atomic E-state index is 12.4. The SMILES string of the molecule is O=C(c1ccc(O)cc1O)N1CCC(N2CCCC2)C1. The minimum atomic E-state index is -0.153. The van der Waals surface area contributed by atoms with Crippen LogP contribution < -0.4 is 0 Å². The second-order valence-corrected chi connectivity index (χ2v) is 5.64. The van der Waals surface area contributed by atoms with Crippen LogP contribution >= 0.6 is 0 Å². The number of hydrogen-bond donors (Lipinski definition) is 2. The zero-order valence-electron chi connectivity index (χ0n) is 11.5. The van der Waals surface area contributed by atoms with Crippen LogP contribution in [0.2, 0.25) is 0 Å². The normalized spacial score (nSPS) is 23.4. The summed E-state index contributed by atoms with van der Waals surface area (Å²) < 4.78 is 0. The monoisotopic (exact) mass is 276 g/mol. The van der Waals surface area contributed by atoms with E-state index in [1.165, 1.54) is 31.0 Å². The highest BCUT2D eigenvalue weighted by molar-refractivity contribution is 5.97. The predicted octanol–water partition coefficient (Wildman–Crippen LogP) is 1.41. The maximum atomic E-state index is 12.4. The van der Waals surface area contributed by atoms with Crippen molar-refractivity contribution in [2.75, 3.05) is 26.2 Å². The third kappa shape index (κ3) is 2.45. The number of nitrogens with zero attached hydrogens (tertiary/aromatic N) is 2. The lowest BCUT2D eigenvalue weighted by Gasteiger charge is -2.23. The van der Waals surface area contributed by atoms with Gasteiger partial charge in [-0.3, -0.25) is 9.69 Å². The molecule has 1 amide bonds. The molecule has 5 heteroatoms. The van der Waals surface area contributed by atoms with Gasteiger partial charge < -0.3 is 15.1 Å². The highest BCUT2D eigenvalue weighted by atomic mass is 16.3. The summed E-state index contributed by atoms with van der Waals surface area (Å²) in [7, 11) is 0. The number of likely N-dealkylation sites (tertiary alicyclic amines) is 2. The number of carbonyl (C=O) groups excluding carboxylic acids is 1. The van der Waals surface area contributed by atoms with Gasteiger partial charge in [0.05, 0.1) is 5.56 Å². The van der Waals surface area contributed by atoms with Gasteiger partial charge in [0.15, 0.2) is 0 Å². The molecule has 0 aromatic heterocycles. The fraction of sp³-hybridized carbons (Fsp3) is 0.533. The summed E-state index contributed by atoms with van der Waals surface area (Å²) in [5.74, 6) is -0.334. The summed E-state index contributed by atoms with van der Waals surface area (Å²) >= 11 is 0. The van der Waals surface area contributed by atoms with E-state index in [9.17, 15) is 15.0 Å². The van der Waals surface area contributed by atoms with Gasteiger partial charge in [0.25, 0.3) is 5.91 Å². The molecule has 2 N–H and O–H groups in total. The van der Waals surface area contributed by atoms with Crippen LogP contribution in [-0.4, -0.2) is 58.1 Å². The van der Waals surface area contributed by atoms with E-state index in [0.717, 1.165) is 32.6 Å². The summed E-state index contributed by atoms with van der Waals surface area (Å²) in [6.07, 6.45) is 3.51. The quantitative estimate of drug-likeness (QED) is 0.857. The molecule has 2 aliphatic rings. The number of amides is 1. The fourth-order valence-electron chi connectivity index (χ4n) is 3.20. The minimum absolute atomic E-state index is 0.0320. The van der Waals surface area contributed by atoms with E-state index in [1.54, 1.807) is 4.90 Å². The smallest absolute Gasteiger partial charge is 0.257 e. The van der Waals surface area contributed by atoms with E-state index < -0.39 is 0 Å². The maximum Gasteiger partial charge on any atom is 0.257 e. The Bertz CT molecular complexity index is 512. The first-order valence-corrected chi connectivity index (χ1v) is 7.20. The van der Waals surface area contributed by atoms with Gasteiger partial charge in [0.2, 0.25) is 0 Å². The lowest BCUT2D eigenvalue weighted by atomic mass is 10.1. The summed E-state index contributed by atoms with van der Waals surface area (Å²) in [5.41, 5.74) is 0.268. The van der Waals surface area contributed by atoms with Crippen LogP contribution in [0.5, 0.6) is 11.5 Å². The van der Waals surface area contributed by atoms with E-state index in [-0.39, 0.29) is 23.0 Å². The lowest BCUT2D eigenvalue weighted by molar-refractivity contribution is 0.0777. The van der Waals surface area contributed by atoms with Crippen LogP contribution in [0.4, 0.5) is 0 Å². The van der Waals surface area contributed by atoms with Gasteiger partial charge in [-0.1, -0.05) is 0 Å². The molecule has 2 fully saturated rings. The average molecular weight is 276 g/mol. The highest BCUT2D eigenvalue weighted by Gasteiger charge is 2.32. The number of phenols is 2. The number of hydrogen-bond acceptors (Lipinski definition) is 4. The van der Waals surface area contributed by atoms with Gasteiger partial charge in [-0.05, 0) is 44.5 Å². The molecular formula is C15H20N2O3. The molecule has 20 heavy (non-hydrogen) atoms. The van der Waals surface area contributed by atoms with Gasteiger partial charge in [0.1, 0.15) is 11.5 Å². The van der Waals surface area contributed by atoms with Gasteiger partial charge >= 0.3 is 0 Å².